The number of aromatic nitrogens is 1. The average Bonchev–Trinajstić information content (AvgIpc) is 2.63. The van der Waals surface area contributed by atoms with Crippen LogP contribution < -0.4 is 0 Å². The molecular formula is C19H17Br2NO2. The number of benzene rings is 1. The first-order valence-electron chi connectivity index (χ1n) is 7.43. The van der Waals surface area contributed by atoms with E-state index in [4.69, 9.17) is 9.47 Å². The zero-order valence-corrected chi connectivity index (χ0v) is 16.5. The van der Waals surface area contributed by atoms with Gasteiger partial charge in [-0.3, -0.25) is 0 Å². The third-order valence-corrected chi connectivity index (χ3v) is 5.30. The number of nitrogens with zero attached hydrogens (tertiary/aromatic N) is 1. The van der Waals surface area contributed by atoms with Crippen LogP contribution in [0.1, 0.15) is 11.1 Å². The Morgan fingerprint density at radius 3 is 1.71 bits per heavy atom. The molecule has 1 heterocycles. The van der Waals surface area contributed by atoms with E-state index in [1.165, 1.54) is 0 Å². The number of halogens is 2. The van der Waals surface area contributed by atoms with Crippen LogP contribution in [0, 0.1) is 0 Å². The number of ether oxygens (including phenoxy) is 2. The van der Waals surface area contributed by atoms with Crippen LogP contribution in [0.4, 0.5) is 0 Å². The first-order valence-corrected chi connectivity index (χ1v) is 9.01. The van der Waals surface area contributed by atoms with Gasteiger partial charge in [-0.25, -0.2) is 4.98 Å². The number of pyridine rings is 1. The van der Waals surface area contributed by atoms with Crippen molar-refractivity contribution in [3.05, 3.63) is 87.1 Å². The highest BCUT2D eigenvalue weighted by Gasteiger charge is 2.36. The predicted molar refractivity (Wildman–Crippen MR) is 102 cm³/mol. The smallest absolute Gasteiger partial charge is 0.131 e. The Morgan fingerprint density at radius 2 is 1.25 bits per heavy atom. The Balaban J connectivity index is 2.00. The average molecular weight is 451 g/mol. The van der Waals surface area contributed by atoms with Gasteiger partial charge in [-0.05, 0) is 64.0 Å². The first kappa shape index (κ1) is 17.5. The van der Waals surface area contributed by atoms with E-state index in [0.29, 0.717) is 0 Å². The quantitative estimate of drug-likeness (QED) is 0.478. The van der Waals surface area contributed by atoms with Gasteiger partial charge < -0.3 is 9.47 Å². The third kappa shape index (κ3) is 3.14. The summed E-state index contributed by atoms with van der Waals surface area (Å²) in [6, 6.07) is 12.0. The third-order valence-electron chi connectivity index (χ3n) is 4.31. The molecular weight excluding hydrogens is 434 g/mol. The maximum atomic E-state index is 5.83. The van der Waals surface area contributed by atoms with E-state index in [-0.39, 0.29) is 0 Å². The predicted octanol–water partition coefficient (Wildman–Crippen LogP) is 5.12. The van der Waals surface area contributed by atoms with Crippen molar-refractivity contribution >= 4 is 31.9 Å². The molecule has 0 N–H and O–H groups in total. The van der Waals surface area contributed by atoms with Crippen molar-refractivity contribution in [1.82, 2.24) is 4.98 Å². The van der Waals surface area contributed by atoms with Crippen molar-refractivity contribution < 1.29 is 9.47 Å². The van der Waals surface area contributed by atoms with Crippen LogP contribution in [0.2, 0.25) is 0 Å². The van der Waals surface area contributed by atoms with Gasteiger partial charge in [0.25, 0.3) is 0 Å². The molecule has 0 radical (unpaired) electrons. The zero-order chi connectivity index (χ0) is 17.2. The summed E-state index contributed by atoms with van der Waals surface area (Å²) in [5, 5.41) is 0. The van der Waals surface area contributed by atoms with Crippen molar-refractivity contribution in [1.29, 1.82) is 0 Å². The molecule has 24 heavy (non-hydrogen) atoms. The van der Waals surface area contributed by atoms with Crippen molar-refractivity contribution in [3.63, 3.8) is 0 Å². The fraction of sp³-hybridized carbons (Fsp3) is 0.211. The first-order chi connectivity index (χ1) is 11.5. The van der Waals surface area contributed by atoms with Gasteiger partial charge in [-0.15, -0.1) is 0 Å². The van der Waals surface area contributed by atoms with Crippen LogP contribution in [0.15, 0.2) is 76.0 Å². The molecule has 2 aromatic rings. The topological polar surface area (TPSA) is 31.4 Å². The molecule has 0 amide bonds. The highest BCUT2D eigenvalue weighted by Crippen LogP contribution is 2.39. The van der Waals surface area contributed by atoms with E-state index in [2.05, 4.69) is 36.8 Å². The lowest BCUT2D eigenvalue weighted by Crippen LogP contribution is -2.33. The van der Waals surface area contributed by atoms with Gasteiger partial charge in [0, 0.05) is 30.5 Å². The van der Waals surface area contributed by atoms with Crippen LogP contribution in [-0.4, -0.2) is 19.2 Å². The lowest BCUT2D eigenvalue weighted by molar-refractivity contribution is 0.0420. The monoisotopic (exact) mass is 449 g/mol. The van der Waals surface area contributed by atoms with Crippen molar-refractivity contribution in [2.75, 3.05) is 14.2 Å². The van der Waals surface area contributed by atoms with Gasteiger partial charge >= 0.3 is 0 Å². The second-order valence-corrected chi connectivity index (χ2v) is 7.27. The Morgan fingerprint density at radius 1 is 0.750 bits per heavy atom. The molecule has 0 unspecified atom stereocenters. The van der Waals surface area contributed by atoms with Crippen molar-refractivity contribution in [2.45, 2.75) is 11.2 Å². The molecule has 0 saturated carbocycles. The zero-order valence-electron chi connectivity index (χ0n) is 13.4. The summed E-state index contributed by atoms with van der Waals surface area (Å²) in [7, 11) is 3.40. The summed E-state index contributed by atoms with van der Waals surface area (Å²) in [5.74, 6) is 0. The minimum Gasteiger partial charge on any atom is -0.365 e. The van der Waals surface area contributed by atoms with Gasteiger partial charge in [-0.2, -0.15) is 0 Å². The van der Waals surface area contributed by atoms with E-state index < -0.39 is 11.2 Å². The maximum Gasteiger partial charge on any atom is 0.131 e. The summed E-state index contributed by atoms with van der Waals surface area (Å²) in [4.78, 5) is 4.30. The lowest BCUT2D eigenvalue weighted by Gasteiger charge is -2.35. The molecule has 3 nitrogen and oxygen atoms in total. The molecule has 0 bridgehead atoms. The highest BCUT2D eigenvalue weighted by atomic mass is 79.9. The molecule has 3 rings (SSSR count). The van der Waals surface area contributed by atoms with Gasteiger partial charge in [0.2, 0.25) is 0 Å². The number of methoxy groups -OCH3 is 2. The number of rotatable bonds is 4. The molecule has 5 heteroatoms. The Bertz CT molecular complexity index is 687. The second kappa shape index (κ2) is 6.92. The molecule has 0 aliphatic heterocycles. The Labute approximate surface area is 158 Å². The summed E-state index contributed by atoms with van der Waals surface area (Å²) in [6.45, 7) is 0. The van der Waals surface area contributed by atoms with Gasteiger partial charge in [0.1, 0.15) is 15.8 Å². The van der Waals surface area contributed by atoms with E-state index >= 15 is 0 Å². The number of hydrogen-bond acceptors (Lipinski definition) is 3. The molecule has 124 valence electrons. The lowest BCUT2D eigenvalue weighted by atomic mass is 9.82. The fourth-order valence-electron chi connectivity index (χ4n) is 2.82. The van der Waals surface area contributed by atoms with Crippen LogP contribution in [0.25, 0.3) is 0 Å². The summed E-state index contributed by atoms with van der Waals surface area (Å²) in [5.41, 5.74) is 0.761. The van der Waals surface area contributed by atoms with E-state index in [1.807, 2.05) is 66.9 Å². The molecule has 1 aliphatic carbocycles. The van der Waals surface area contributed by atoms with E-state index in [1.54, 1.807) is 14.2 Å². The number of hydrogen-bond donors (Lipinski definition) is 0. The van der Waals surface area contributed by atoms with Crippen LogP contribution >= 0.6 is 31.9 Å². The van der Waals surface area contributed by atoms with Crippen LogP contribution in [0.3, 0.4) is 0 Å². The normalized spacial score (nSPS) is 25.8. The molecule has 1 aromatic heterocycles. The standard InChI is InChI=1S/C19H17Br2NO2/c1-23-18(14-3-6-16(20)7-4-14)9-11-19(24-2,12-10-18)15-5-8-17(21)22-13-15/h3-13H,1-2H3/t18-,19+. The highest BCUT2D eigenvalue weighted by molar-refractivity contribution is 9.10. The summed E-state index contributed by atoms with van der Waals surface area (Å²) in [6.07, 6.45) is 9.90. The van der Waals surface area contributed by atoms with Crippen molar-refractivity contribution in [2.24, 2.45) is 0 Å². The largest absolute Gasteiger partial charge is 0.365 e. The second-order valence-electron chi connectivity index (χ2n) is 5.54. The fourth-order valence-corrected chi connectivity index (χ4v) is 3.32. The van der Waals surface area contributed by atoms with Gasteiger partial charge in [0.05, 0.1) is 0 Å². The van der Waals surface area contributed by atoms with Gasteiger partial charge in [-0.1, -0.05) is 34.1 Å². The maximum absolute atomic E-state index is 5.83. The molecule has 0 spiro atoms. The minimum atomic E-state index is -0.648. The Hall–Kier alpha value is -1.27. The SMILES string of the molecule is CO[C@]1(c2ccc(Br)cc2)C=C[C@@](OC)(c2ccc(Br)nc2)C=C1. The molecule has 1 aliphatic rings. The summed E-state index contributed by atoms with van der Waals surface area (Å²) < 4.78 is 13.5. The molecule has 0 fully saturated rings. The van der Waals surface area contributed by atoms with E-state index in [0.717, 1.165) is 20.2 Å². The molecule has 0 saturated heterocycles. The summed E-state index contributed by atoms with van der Waals surface area (Å²) >= 11 is 6.83. The van der Waals surface area contributed by atoms with Crippen molar-refractivity contribution in [3.8, 4) is 0 Å². The van der Waals surface area contributed by atoms with Crippen LogP contribution in [-0.2, 0) is 20.7 Å². The molecule has 0 atom stereocenters. The van der Waals surface area contributed by atoms with E-state index in [9.17, 15) is 0 Å². The van der Waals surface area contributed by atoms with Crippen LogP contribution in [0.5, 0.6) is 0 Å². The molecule has 1 aromatic carbocycles. The minimum absolute atomic E-state index is 0.606. The Kier molecular flexibility index (Phi) is 5.06. The van der Waals surface area contributed by atoms with Gasteiger partial charge in [0.15, 0.2) is 0 Å².